The van der Waals surface area contributed by atoms with Crippen LogP contribution in [0.15, 0.2) is 18.2 Å². The van der Waals surface area contributed by atoms with Crippen molar-refractivity contribution in [2.24, 2.45) is 0 Å². The fraction of sp³-hybridized carbons (Fsp3) is 0.200. The van der Waals surface area contributed by atoms with Crippen molar-refractivity contribution in [2.45, 2.75) is 6.42 Å². The maximum absolute atomic E-state index is 13.3. The first-order chi connectivity index (χ1) is 7.08. The van der Waals surface area contributed by atoms with Gasteiger partial charge in [-0.15, -0.1) is 0 Å². The Balaban J connectivity index is 2.38. The number of aromatic hydroxyl groups is 1. The van der Waals surface area contributed by atoms with Crippen LogP contribution >= 0.6 is 0 Å². The summed E-state index contributed by atoms with van der Waals surface area (Å²) in [5.41, 5.74) is 0.0312. The van der Waals surface area contributed by atoms with Gasteiger partial charge in [0.05, 0.1) is 18.7 Å². The number of carbonyl (C=O) groups is 2. The van der Waals surface area contributed by atoms with Crippen molar-refractivity contribution in [1.29, 1.82) is 0 Å². The van der Waals surface area contributed by atoms with Gasteiger partial charge in [0.15, 0.2) is 11.6 Å². The second-order valence-corrected chi connectivity index (χ2v) is 3.33. The van der Waals surface area contributed by atoms with E-state index >= 15 is 0 Å². The number of anilines is 1. The molecular formula is C10H8FNO3. The summed E-state index contributed by atoms with van der Waals surface area (Å²) in [4.78, 5) is 23.4. The van der Waals surface area contributed by atoms with E-state index in [0.29, 0.717) is 0 Å². The Hall–Kier alpha value is -1.91. The number of Topliss-reactive ketones (excluding diaryl/α,β-unsaturated/α-hetero) is 1. The molecule has 15 heavy (non-hydrogen) atoms. The van der Waals surface area contributed by atoms with E-state index in [1.165, 1.54) is 12.1 Å². The van der Waals surface area contributed by atoms with E-state index in [2.05, 4.69) is 0 Å². The van der Waals surface area contributed by atoms with Crippen LogP contribution in [0.1, 0.15) is 6.42 Å². The molecule has 1 saturated heterocycles. The fourth-order valence-electron chi connectivity index (χ4n) is 1.52. The molecule has 0 atom stereocenters. The Bertz CT molecular complexity index is 444. The number of rotatable bonds is 1. The van der Waals surface area contributed by atoms with Crippen LogP contribution in [0.4, 0.5) is 10.1 Å². The monoisotopic (exact) mass is 209 g/mol. The summed E-state index contributed by atoms with van der Waals surface area (Å²) < 4.78 is 13.3. The minimum absolute atomic E-state index is 0.0312. The van der Waals surface area contributed by atoms with Crippen LogP contribution in [0.25, 0.3) is 0 Å². The molecule has 1 fully saturated rings. The number of benzene rings is 1. The van der Waals surface area contributed by atoms with Gasteiger partial charge in [0, 0.05) is 6.07 Å². The summed E-state index contributed by atoms with van der Waals surface area (Å²) >= 11 is 0. The number of phenolic OH excluding ortho intramolecular Hbond substituents is 1. The van der Waals surface area contributed by atoms with E-state index in [1.807, 2.05) is 0 Å². The van der Waals surface area contributed by atoms with Gasteiger partial charge in [-0.05, 0) is 12.1 Å². The standard InChI is InChI=1S/C10H8FNO3/c11-8-3-6(13)1-2-9(8)12-5-7(14)4-10(12)15/h1-3,13H,4-5H2. The third-order valence-corrected chi connectivity index (χ3v) is 2.21. The van der Waals surface area contributed by atoms with Crippen LogP contribution in [-0.4, -0.2) is 23.3 Å². The Morgan fingerprint density at radius 3 is 2.60 bits per heavy atom. The van der Waals surface area contributed by atoms with E-state index in [1.54, 1.807) is 0 Å². The number of nitrogens with zero attached hydrogens (tertiary/aromatic N) is 1. The minimum Gasteiger partial charge on any atom is -0.508 e. The maximum Gasteiger partial charge on any atom is 0.235 e. The Kier molecular flexibility index (Phi) is 2.15. The number of carbonyl (C=O) groups excluding carboxylic acids is 2. The number of halogens is 1. The van der Waals surface area contributed by atoms with Gasteiger partial charge in [0.25, 0.3) is 0 Å². The molecule has 0 spiro atoms. The summed E-state index contributed by atoms with van der Waals surface area (Å²) in [5, 5.41) is 8.99. The molecule has 78 valence electrons. The number of phenols is 1. The molecule has 1 aliphatic heterocycles. The summed E-state index contributed by atoms with van der Waals surface area (Å²) in [5.74, 6) is -1.57. The number of hydrogen-bond donors (Lipinski definition) is 1. The quantitative estimate of drug-likeness (QED) is 0.697. The molecule has 0 saturated carbocycles. The predicted molar refractivity (Wildman–Crippen MR) is 50.0 cm³/mol. The molecular weight excluding hydrogens is 201 g/mol. The molecule has 0 radical (unpaired) electrons. The zero-order chi connectivity index (χ0) is 11.0. The van der Waals surface area contributed by atoms with Gasteiger partial charge in [-0.3, -0.25) is 9.59 Å². The van der Waals surface area contributed by atoms with E-state index < -0.39 is 11.7 Å². The molecule has 1 N–H and O–H groups in total. The van der Waals surface area contributed by atoms with Crippen LogP contribution in [-0.2, 0) is 9.59 Å². The van der Waals surface area contributed by atoms with Crippen molar-refractivity contribution >= 4 is 17.4 Å². The lowest BCUT2D eigenvalue weighted by Gasteiger charge is -2.15. The number of hydrogen-bond acceptors (Lipinski definition) is 3. The fourth-order valence-corrected chi connectivity index (χ4v) is 1.52. The largest absolute Gasteiger partial charge is 0.508 e. The third-order valence-electron chi connectivity index (χ3n) is 2.21. The molecule has 1 aliphatic rings. The summed E-state index contributed by atoms with van der Waals surface area (Å²) in [7, 11) is 0. The summed E-state index contributed by atoms with van der Waals surface area (Å²) in [6, 6.07) is 3.46. The van der Waals surface area contributed by atoms with E-state index in [-0.39, 0.29) is 30.2 Å². The van der Waals surface area contributed by atoms with Gasteiger partial charge >= 0.3 is 0 Å². The molecule has 1 aromatic carbocycles. The Morgan fingerprint density at radius 1 is 1.33 bits per heavy atom. The highest BCUT2D eigenvalue weighted by Crippen LogP contribution is 2.26. The average Bonchev–Trinajstić information content (AvgIpc) is 2.45. The molecule has 0 aromatic heterocycles. The summed E-state index contributed by atoms with van der Waals surface area (Å²) in [6.45, 7) is -0.0967. The summed E-state index contributed by atoms with van der Waals surface area (Å²) in [6.07, 6.45) is -0.180. The minimum atomic E-state index is -0.710. The van der Waals surface area contributed by atoms with Gasteiger partial charge in [-0.2, -0.15) is 0 Å². The average molecular weight is 209 g/mol. The van der Waals surface area contributed by atoms with Crippen molar-refractivity contribution in [3.8, 4) is 5.75 Å². The van der Waals surface area contributed by atoms with Crippen LogP contribution < -0.4 is 4.90 Å². The van der Waals surface area contributed by atoms with Crippen molar-refractivity contribution in [3.05, 3.63) is 24.0 Å². The highest BCUT2D eigenvalue weighted by Gasteiger charge is 2.30. The third kappa shape index (κ3) is 1.68. The van der Waals surface area contributed by atoms with E-state index in [4.69, 9.17) is 5.11 Å². The van der Waals surface area contributed by atoms with Gasteiger partial charge in [0.2, 0.25) is 5.91 Å². The van der Waals surface area contributed by atoms with Crippen molar-refractivity contribution < 1.29 is 19.1 Å². The molecule has 1 amide bonds. The first kappa shape index (κ1) is 9.64. The molecule has 0 unspecified atom stereocenters. The molecule has 0 bridgehead atoms. The topological polar surface area (TPSA) is 57.6 Å². The van der Waals surface area contributed by atoms with Gasteiger partial charge in [-0.25, -0.2) is 4.39 Å². The SMILES string of the molecule is O=C1CC(=O)N(c2ccc(O)cc2F)C1. The molecule has 5 heteroatoms. The second-order valence-electron chi connectivity index (χ2n) is 3.33. The molecule has 2 rings (SSSR count). The Labute approximate surface area is 84.9 Å². The smallest absolute Gasteiger partial charge is 0.235 e. The van der Waals surface area contributed by atoms with Crippen molar-refractivity contribution in [2.75, 3.05) is 11.4 Å². The predicted octanol–water partition coefficient (Wildman–Crippen LogP) is 0.837. The van der Waals surface area contributed by atoms with Crippen LogP contribution in [0, 0.1) is 5.82 Å². The molecule has 1 heterocycles. The van der Waals surface area contributed by atoms with Gasteiger partial charge in [0.1, 0.15) is 5.75 Å². The lowest BCUT2D eigenvalue weighted by Crippen LogP contribution is -2.25. The molecule has 1 aromatic rings. The first-order valence-electron chi connectivity index (χ1n) is 4.38. The second kappa shape index (κ2) is 3.34. The lowest BCUT2D eigenvalue weighted by molar-refractivity contribution is -0.121. The normalized spacial score (nSPS) is 16.2. The highest BCUT2D eigenvalue weighted by atomic mass is 19.1. The van der Waals surface area contributed by atoms with Gasteiger partial charge in [-0.1, -0.05) is 0 Å². The number of amides is 1. The van der Waals surface area contributed by atoms with Crippen LogP contribution in [0.5, 0.6) is 5.75 Å². The van der Waals surface area contributed by atoms with Crippen LogP contribution in [0.2, 0.25) is 0 Å². The zero-order valence-electron chi connectivity index (χ0n) is 7.74. The number of ketones is 1. The van der Waals surface area contributed by atoms with E-state index in [9.17, 15) is 14.0 Å². The van der Waals surface area contributed by atoms with Crippen LogP contribution in [0.3, 0.4) is 0 Å². The molecule has 0 aliphatic carbocycles. The zero-order valence-corrected chi connectivity index (χ0v) is 7.74. The van der Waals surface area contributed by atoms with E-state index in [0.717, 1.165) is 11.0 Å². The Morgan fingerprint density at radius 2 is 2.07 bits per heavy atom. The van der Waals surface area contributed by atoms with Crippen molar-refractivity contribution in [3.63, 3.8) is 0 Å². The lowest BCUT2D eigenvalue weighted by atomic mass is 10.2. The van der Waals surface area contributed by atoms with Gasteiger partial charge < -0.3 is 10.0 Å². The maximum atomic E-state index is 13.3. The first-order valence-corrected chi connectivity index (χ1v) is 4.38. The molecule has 4 nitrogen and oxygen atoms in total. The highest BCUT2D eigenvalue weighted by molar-refractivity contribution is 6.15. The van der Waals surface area contributed by atoms with Crippen molar-refractivity contribution in [1.82, 2.24) is 0 Å².